The van der Waals surface area contributed by atoms with Crippen molar-refractivity contribution in [1.29, 1.82) is 5.26 Å². The molecule has 5 aromatic rings. The van der Waals surface area contributed by atoms with Gasteiger partial charge in [0.2, 0.25) is 0 Å². The second-order valence-corrected chi connectivity index (χ2v) is 13.2. The number of likely N-dealkylation sites (tertiary alicyclic amines) is 1. The van der Waals surface area contributed by atoms with Crippen LogP contribution in [0.5, 0.6) is 11.5 Å². The highest BCUT2D eigenvalue weighted by molar-refractivity contribution is 6.31. The first-order chi connectivity index (χ1) is 25.2. The normalized spacial score (nSPS) is 15.1. The number of β-amino-alcohol motifs (C(OH)–C–C–N with tert-alkyl or cyclic N) is 1. The number of nitrogens with one attached hydrogen (secondary N) is 1. The number of hydrogen-bond donors (Lipinski definition) is 4. The summed E-state index contributed by atoms with van der Waals surface area (Å²) in [5, 5.41) is 46.9. The fourth-order valence-electron chi connectivity index (χ4n) is 6.32. The minimum atomic E-state index is -1.19. The number of fused-ring (bicyclic) bond motifs is 1. The van der Waals surface area contributed by atoms with Gasteiger partial charge in [-0.1, -0.05) is 23.7 Å². The third-order valence-corrected chi connectivity index (χ3v) is 9.51. The fraction of sp³-hybridized carbons (Fsp3) is 0.342. The number of pyridine rings is 2. The molecule has 1 saturated heterocycles. The number of nitrogens with zero attached hydrogens (tertiary/aromatic N) is 6. The summed E-state index contributed by atoms with van der Waals surface area (Å²) in [6.07, 6.45) is 9.93. The Bertz CT molecular complexity index is 2080. The molecular weight excluding hydrogens is 686 g/mol. The van der Waals surface area contributed by atoms with Crippen molar-refractivity contribution in [3.8, 4) is 28.7 Å². The number of aliphatic carboxylic acids is 1. The van der Waals surface area contributed by atoms with Crippen LogP contribution in [0.25, 0.3) is 22.0 Å². The van der Waals surface area contributed by atoms with Gasteiger partial charge in [-0.05, 0) is 60.7 Å². The summed E-state index contributed by atoms with van der Waals surface area (Å²) >= 11 is 6.82. The van der Waals surface area contributed by atoms with Crippen LogP contribution in [0.3, 0.4) is 0 Å². The topological polar surface area (TPSA) is 179 Å². The molecule has 0 aliphatic carbocycles. The van der Waals surface area contributed by atoms with Crippen molar-refractivity contribution in [1.82, 2.24) is 30.0 Å². The Balaban J connectivity index is 1.23. The molecule has 3 aromatic heterocycles. The van der Waals surface area contributed by atoms with Gasteiger partial charge in [0.15, 0.2) is 0 Å². The predicted octanol–water partition coefficient (Wildman–Crippen LogP) is 4.32. The molecule has 2 aromatic carbocycles. The maximum Gasteiger partial charge on any atom is 0.323 e. The third kappa shape index (κ3) is 8.67. The van der Waals surface area contributed by atoms with Crippen molar-refractivity contribution < 1.29 is 29.6 Å². The lowest BCUT2D eigenvalue weighted by atomic mass is 9.99. The highest BCUT2D eigenvalue weighted by Gasteiger charge is 2.21. The molecule has 2 atom stereocenters. The van der Waals surface area contributed by atoms with Crippen LogP contribution in [0.1, 0.15) is 40.7 Å². The number of carboxylic acid groups (broad SMARTS) is 1. The summed E-state index contributed by atoms with van der Waals surface area (Å²) < 4.78 is 14.2. The van der Waals surface area contributed by atoms with E-state index in [0.717, 1.165) is 65.8 Å². The van der Waals surface area contributed by atoms with E-state index in [4.69, 9.17) is 26.2 Å². The Hall–Kier alpha value is -5.10. The molecule has 6 rings (SSSR count). The van der Waals surface area contributed by atoms with E-state index in [9.17, 15) is 25.4 Å². The van der Waals surface area contributed by atoms with Crippen molar-refractivity contribution in [3.63, 3.8) is 0 Å². The summed E-state index contributed by atoms with van der Waals surface area (Å²) in [6, 6.07) is 12.1. The zero-order valence-electron chi connectivity index (χ0n) is 28.7. The van der Waals surface area contributed by atoms with Gasteiger partial charge in [-0.3, -0.25) is 24.8 Å². The number of nitriles is 1. The maximum absolute atomic E-state index is 11.5. The molecule has 4 N–H and O–H groups in total. The molecule has 0 bridgehead atoms. The number of benzene rings is 2. The number of carbonyl (C=O) groups is 1. The molecule has 4 heterocycles. The Morgan fingerprint density at radius 1 is 1.10 bits per heavy atom. The van der Waals surface area contributed by atoms with Crippen molar-refractivity contribution in [2.75, 3.05) is 32.8 Å². The zero-order valence-corrected chi connectivity index (χ0v) is 29.5. The number of rotatable bonds is 16. The second kappa shape index (κ2) is 16.9. The first-order valence-corrected chi connectivity index (χ1v) is 17.4. The number of aromatic nitrogens is 4. The first kappa shape index (κ1) is 36.7. The van der Waals surface area contributed by atoms with Gasteiger partial charge in [-0.25, -0.2) is 0 Å². The quantitative estimate of drug-likeness (QED) is 0.106. The minimum absolute atomic E-state index is 0.0615. The third-order valence-electron chi connectivity index (χ3n) is 9.16. The monoisotopic (exact) mass is 725 g/mol. The minimum Gasteiger partial charge on any atom is -0.493 e. The average Bonchev–Trinajstić information content (AvgIpc) is 3.76. The van der Waals surface area contributed by atoms with Crippen molar-refractivity contribution in [2.45, 2.75) is 51.6 Å². The van der Waals surface area contributed by atoms with Gasteiger partial charge in [0.25, 0.3) is 0 Å². The molecule has 1 aliphatic rings. The summed E-state index contributed by atoms with van der Waals surface area (Å²) in [6.45, 7) is 4.99. The lowest BCUT2D eigenvalue weighted by Crippen LogP contribution is -2.39. The lowest BCUT2D eigenvalue weighted by molar-refractivity contribution is -0.140. The van der Waals surface area contributed by atoms with Gasteiger partial charge in [0.1, 0.15) is 30.2 Å². The smallest absolute Gasteiger partial charge is 0.323 e. The predicted molar refractivity (Wildman–Crippen MR) is 194 cm³/mol. The molecule has 0 unspecified atom stereocenters. The van der Waals surface area contributed by atoms with Gasteiger partial charge in [-0.2, -0.15) is 10.4 Å². The van der Waals surface area contributed by atoms with Crippen LogP contribution in [0, 0.1) is 18.3 Å². The Morgan fingerprint density at radius 3 is 2.71 bits per heavy atom. The van der Waals surface area contributed by atoms with Crippen LogP contribution in [-0.4, -0.2) is 90.9 Å². The Labute approximate surface area is 306 Å². The SMILES string of the molecule is Cc1c(OCCCN2CC[C@@H](O)C2)cccc1-c1cncc2c1cnn2Cc1cc(OCc2cncc(C#N)c2)c(CN[C@@H](CO)C(=O)O)cc1Cl. The van der Waals surface area contributed by atoms with Gasteiger partial charge in [0.05, 0.1) is 49.3 Å². The van der Waals surface area contributed by atoms with Gasteiger partial charge < -0.3 is 29.7 Å². The molecule has 270 valence electrons. The fourth-order valence-corrected chi connectivity index (χ4v) is 6.57. The van der Waals surface area contributed by atoms with E-state index in [-0.39, 0.29) is 25.8 Å². The van der Waals surface area contributed by atoms with Crippen molar-refractivity contribution in [3.05, 3.63) is 100 Å². The number of hydrogen-bond acceptors (Lipinski definition) is 11. The maximum atomic E-state index is 11.5. The standard InChI is InChI=1S/C38H40ClN7O6/c1-24-30(4-2-5-36(24)51-9-3-7-45-8-6-29(48)21-45)31-17-42-19-35-32(31)18-44-46(35)20-28-12-37(52-23-26-10-25(13-40)14-41-15-26)27(11-33(28)39)16-43-34(22-47)38(49)50/h2,4-5,10-12,14-15,17-19,29,34,43,47-48H,3,6-9,16,20-23H2,1H3,(H,49,50)/t29-,34+/m1/s1. The van der Waals surface area contributed by atoms with E-state index in [2.05, 4.69) is 26.3 Å². The molecule has 14 heteroatoms. The number of carboxylic acids is 1. The Morgan fingerprint density at radius 2 is 1.94 bits per heavy atom. The Kier molecular flexibility index (Phi) is 12.0. The largest absolute Gasteiger partial charge is 0.493 e. The molecule has 13 nitrogen and oxygen atoms in total. The first-order valence-electron chi connectivity index (χ1n) is 17.0. The highest BCUT2D eigenvalue weighted by Crippen LogP contribution is 2.35. The number of ether oxygens (including phenoxy) is 2. The van der Waals surface area contributed by atoms with E-state index in [1.54, 1.807) is 30.6 Å². The number of aliphatic hydroxyl groups is 2. The summed E-state index contributed by atoms with van der Waals surface area (Å²) in [7, 11) is 0. The molecule has 1 fully saturated rings. The van der Waals surface area contributed by atoms with E-state index < -0.39 is 18.6 Å². The zero-order chi connectivity index (χ0) is 36.6. The van der Waals surface area contributed by atoms with E-state index in [0.29, 0.717) is 39.6 Å². The number of halogens is 1. The van der Waals surface area contributed by atoms with E-state index in [1.165, 1.54) is 6.20 Å². The van der Waals surface area contributed by atoms with Crippen molar-refractivity contribution >= 4 is 28.5 Å². The number of aliphatic hydroxyl groups excluding tert-OH is 2. The molecule has 0 spiro atoms. The van der Waals surface area contributed by atoms with Crippen LogP contribution >= 0.6 is 11.6 Å². The molecule has 0 radical (unpaired) electrons. The molecule has 0 saturated carbocycles. The summed E-state index contributed by atoms with van der Waals surface area (Å²) in [5.41, 5.74) is 6.06. The summed E-state index contributed by atoms with van der Waals surface area (Å²) in [5.74, 6) is 0.0633. The van der Waals surface area contributed by atoms with Gasteiger partial charge in [0, 0.05) is 71.9 Å². The highest BCUT2D eigenvalue weighted by atomic mass is 35.5. The molecule has 52 heavy (non-hydrogen) atoms. The second-order valence-electron chi connectivity index (χ2n) is 12.8. The van der Waals surface area contributed by atoms with Crippen LogP contribution < -0.4 is 14.8 Å². The van der Waals surface area contributed by atoms with E-state index in [1.807, 2.05) is 42.2 Å². The average molecular weight is 726 g/mol. The molecule has 1 aliphatic heterocycles. The van der Waals surface area contributed by atoms with Gasteiger partial charge >= 0.3 is 5.97 Å². The van der Waals surface area contributed by atoms with E-state index >= 15 is 0 Å². The lowest BCUT2D eigenvalue weighted by Gasteiger charge is -2.18. The van der Waals surface area contributed by atoms with Crippen LogP contribution in [0.2, 0.25) is 5.02 Å². The van der Waals surface area contributed by atoms with Crippen LogP contribution in [0.4, 0.5) is 0 Å². The van der Waals surface area contributed by atoms with Gasteiger partial charge in [-0.15, -0.1) is 0 Å². The van der Waals surface area contributed by atoms with Crippen LogP contribution in [0.15, 0.2) is 67.4 Å². The van der Waals surface area contributed by atoms with Crippen LogP contribution in [-0.2, 0) is 24.5 Å². The summed E-state index contributed by atoms with van der Waals surface area (Å²) in [4.78, 5) is 22.5. The molecule has 0 amide bonds. The molecular formula is C38H40ClN7O6. The van der Waals surface area contributed by atoms with Crippen molar-refractivity contribution in [2.24, 2.45) is 0 Å².